The second-order valence-electron chi connectivity index (χ2n) is 3.83. The lowest BCUT2D eigenvalue weighted by Gasteiger charge is -2.27. The first-order chi connectivity index (χ1) is 6.68. The van der Waals surface area contributed by atoms with E-state index in [9.17, 15) is 4.39 Å². The van der Waals surface area contributed by atoms with Crippen LogP contribution in [0.1, 0.15) is 18.4 Å². The van der Waals surface area contributed by atoms with Crippen molar-refractivity contribution in [3.8, 4) is 0 Å². The van der Waals surface area contributed by atoms with Crippen molar-refractivity contribution in [2.24, 2.45) is 0 Å². The smallest absolute Gasteiger partial charge is 0.123 e. The first-order valence-corrected chi connectivity index (χ1v) is 8.87. The number of hydrogen-bond donors (Lipinski definition) is 0. The molecule has 1 aromatic rings. The fourth-order valence-electron chi connectivity index (χ4n) is 1.85. The summed E-state index contributed by atoms with van der Waals surface area (Å²) in [6.45, 7) is 0. The van der Waals surface area contributed by atoms with Gasteiger partial charge in [0.25, 0.3) is 0 Å². The van der Waals surface area contributed by atoms with Gasteiger partial charge in [0, 0.05) is 5.75 Å². The molecule has 1 aromatic carbocycles. The molecule has 1 fully saturated rings. The van der Waals surface area contributed by atoms with E-state index in [-0.39, 0.29) is 5.82 Å². The Morgan fingerprint density at radius 1 is 1.14 bits per heavy atom. The molecule has 0 amide bonds. The predicted octanol–water partition coefficient (Wildman–Crippen LogP) is 4.23. The molecule has 1 saturated heterocycles. The molecule has 78 valence electrons. The van der Waals surface area contributed by atoms with Crippen molar-refractivity contribution in [3.05, 3.63) is 35.6 Å². The van der Waals surface area contributed by atoms with E-state index in [2.05, 4.69) is 14.8 Å². The largest absolute Gasteiger partial charge is 0.207 e. The lowest BCUT2D eigenvalue weighted by atomic mass is 10.2. The average Bonchev–Trinajstić information content (AvgIpc) is 2.57. The van der Waals surface area contributed by atoms with E-state index < -0.39 is 8.46 Å². The van der Waals surface area contributed by atoms with Gasteiger partial charge in [-0.2, -0.15) is 8.46 Å². The molecule has 1 aliphatic rings. The minimum Gasteiger partial charge on any atom is -0.207 e. The molecule has 0 bridgehead atoms. The standard InChI is InChI=1S/C11H14BrFS/c12-14(7-1-2-8-14)9-10-3-5-11(13)6-4-10/h3-6H,1-2,7-9H2. The molecule has 0 radical (unpaired) electrons. The number of benzene rings is 1. The van der Waals surface area contributed by atoms with Gasteiger partial charge >= 0.3 is 0 Å². The second kappa shape index (κ2) is 4.23. The number of hydrogen-bond acceptors (Lipinski definition) is 0. The summed E-state index contributed by atoms with van der Waals surface area (Å²) >= 11 is 3.89. The van der Waals surface area contributed by atoms with Gasteiger partial charge in [0.1, 0.15) is 5.82 Å². The summed E-state index contributed by atoms with van der Waals surface area (Å²) in [7, 11) is -0.580. The highest BCUT2D eigenvalue weighted by Gasteiger charge is 2.25. The normalized spacial score (nSPS) is 22.1. The molecule has 0 nitrogen and oxygen atoms in total. The Bertz CT molecular complexity index is 304. The monoisotopic (exact) mass is 276 g/mol. The Hall–Kier alpha value is -0.0200. The van der Waals surface area contributed by atoms with E-state index >= 15 is 0 Å². The van der Waals surface area contributed by atoms with E-state index in [1.54, 1.807) is 12.1 Å². The molecule has 14 heavy (non-hydrogen) atoms. The van der Waals surface area contributed by atoms with Gasteiger partial charge in [-0.25, -0.2) is 4.39 Å². The van der Waals surface area contributed by atoms with Crippen LogP contribution >= 0.6 is 23.3 Å². The molecule has 0 aliphatic carbocycles. The van der Waals surface area contributed by atoms with Crippen LogP contribution in [0.5, 0.6) is 0 Å². The zero-order valence-corrected chi connectivity index (χ0v) is 10.4. The number of rotatable bonds is 2. The van der Waals surface area contributed by atoms with E-state index in [0.29, 0.717) is 0 Å². The third-order valence-electron chi connectivity index (χ3n) is 2.61. The van der Waals surface area contributed by atoms with Crippen LogP contribution in [0.4, 0.5) is 4.39 Å². The minimum absolute atomic E-state index is 0.140. The summed E-state index contributed by atoms with van der Waals surface area (Å²) in [5, 5.41) is 0. The molecule has 1 aliphatic heterocycles. The van der Waals surface area contributed by atoms with Crippen molar-refractivity contribution in [3.63, 3.8) is 0 Å². The molecule has 3 heteroatoms. The Kier molecular flexibility index (Phi) is 3.17. The van der Waals surface area contributed by atoms with E-state index in [1.807, 2.05) is 12.1 Å². The minimum atomic E-state index is -0.580. The molecule has 0 aromatic heterocycles. The van der Waals surface area contributed by atoms with Gasteiger partial charge in [0.2, 0.25) is 0 Å². The van der Waals surface area contributed by atoms with Gasteiger partial charge in [0.15, 0.2) is 0 Å². The maximum absolute atomic E-state index is 12.7. The maximum atomic E-state index is 12.7. The van der Waals surface area contributed by atoms with Gasteiger partial charge < -0.3 is 0 Å². The van der Waals surface area contributed by atoms with Crippen LogP contribution in [0.25, 0.3) is 0 Å². The molecular weight excluding hydrogens is 263 g/mol. The number of halogens is 2. The van der Waals surface area contributed by atoms with Crippen molar-refractivity contribution in [1.29, 1.82) is 0 Å². The van der Waals surface area contributed by atoms with Crippen LogP contribution in [-0.4, -0.2) is 11.5 Å². The molecule has 0 N–H and O–H groups in total. The lowest BCUT2D eigenvalue weighted by molar-refractivity contribution is 0.627. The summed E-state index contributed by atoms with van der Waals surface area (Å²) in [5.74, 6) is 3.61. The van der Waals surface area contributed by atoms with Crippen LogP contribution in [0.15, 0.2) is 24.3 Å². The fraction of sp³-hybridized carbons (Fsp3) is 0.455. The summed E-state index contributed by atoms with van der Waals surface area (Å²) in [6, 6.07) is 6.92. The average molecular weight is 277 g/mol. The molecule has 0 saturated carbocycles. The summed E-state index contributed by atoms with van der Waals surface area (Å²) in [4.78, 5) is 0. The van der Waals surface area contributed by atoms with Gasteiger partial charge in [-0.1, -0.05) is 12.1 Å². The quantitative estimate of drug-likeness (QED) is 0.758. The molecular formula is C11H14BrFS. The molecule has 0 atom stereocenters. The molecule has 2 rings (SSSR count). The van der Waals surface area contributed by atoms with Gasteiger partial charge in [-0.15, -0.1) is 0 Å². The lowest BCUT2D eigenvalue weighted by Crippen LogP contribution is -1.97. The molecule has 0 unspecified atom stereocenters. The summed E-state index contributed by atoms with van der Waals surface area (Å²) in [6.07, 6.45) is 2.70. The SMILES string of the molecule is Fc1ccc(CS2(Br)CCCC2)cc1. The van der Waals surface area contributed by atoms with Crippen LogP contribution in [0, 0.1) is 5.82 Å². The molecule has 0 spiro atoms. The van der Waals surface area contributed by atoms with Crippen molar-refractivity contribution in [2.75, 3.05) is 11.5 Å². The Balaban J connectivity index is 2.06. The zero-order chi connectivity index (χ0) is 10.0. The second-order valence-corrected chi connectivity index (χ2v) is 10.9. The zero-order valence-electron chi connectivity index (χ0n) is 8.01. The van der Waals surface area contributed by atoms with Crippen LogP contribution < -0.4 is 0 Å². The third kappa shape index (κ3) is 2.51. The van der Waals surface area contributed by atoms with Crippen molar-refractivity contribution < 1.29 is 4.39 Å². The van der Waals surface area contributed by atoms with E-state index in [0.717, 1.165) is 5.75 Å². The maximum Gasteiger partial charge on any atom is 0.123 e. The van der Waals surface area contributed by atoms with Crippen LogP contribution in [0.3, 0.4) is 0 Å². The first kappa shape index (κ1) is 10.5. The Labute approximate surface area is 93.4 Å². The van der Waals surface area contributed by atoms with Crippen molar-refractivity contribution in [1.82, 2.24) is 0 Å². The highest BCUT2D eigenvalue weighted by molar-refractivity contribution is 9.58. The van der Waals surface area contributed by atoms with Crippen LogP contribution in [0.2, 0.25) is 0 Å². The fourth-order valence-corrected chi connectivity index (χ4v) is 6.74. The highest BCUT2D eigenvalue weighted by Crippen LogP contribution is 2.62. The summed E-state index contributed by atoms with van der Waals surface area (Å²) in [5.41, 5.74) is 1.26. The van der Waals surface area contributed by atoms with Gasteiger partial charge in [0.05, 0.1) is 0 Å². The van der Waals surface area contributed by atoms with E-state index in [4.69, 9.17) is 0 Å². The Morgan fingerprint density at radius 3 is 2.29 bits per heavy atom. The predicted molar refractivity (Wildman–Crippen MR) is 65.6 cm³/mol. The third-order valence-corrected chi connectivity index (χ3v) is 8.13. The highest BCUT2D eigenvalue weighted by atomic mass is 79.9. The van der Waals surface area contributed by atoms with E-state index in [1.165, 1.54) is 29.9 Å². The molecule has 1 heterocycles. The summed E-state index contributed by atoms with van der Waals surface area (Å²) < 4.78 is 12.7. The van der Waals surface area contributed by atoms with Gasteiger partial charge in [-0.05, 0) is 56.9 Å². The first-order valence-electron chi connectivity index (χ1n) is 4.88. The van der Waals surface area contributed by atoms with Crippen molar-refractivity contribution in [2.45, 2.75) is 18.6 Å². The van der Waals surface area contributed by atoms with Crippen molar-refractivity contribution >= 4 is 23.3 Å². The Morgan fingerprint density at radius 2 is 1.71 bits per heavy atom. The van der Waals surface area contributed by atoms with Crippen LogP contribution in [-0.2, 0) is 5.75 Å². The topological polar surface area (TPSA) is 0 Å². The van der Waals surface area contributed by atoms with Gasteiger partial charge in [-0.3, -0.25) is 0 Å².